The second-order valence-corrected chi connectivity index (χ2v) is 8.53. The molecule has 10 nitrogen and oxygen atoms in total. The number of ether oxygens (including phenoxy) is 1. The zero-order valence-corrected chi connectivity index (χ0v) is 18.6. The number of rotatable bonds is 9. The van der Waals surface area contributed by atoms with E-state index in [-0.39, 0.29) is 18.3 Å². The number of pyridine rings is 2. The number of benzene rings is 1. The van der Waals surface area contributed by atoms with Crippen molar-refractivity contribution < 1.29 is 37.1 Å². The number of hydrogen-bond acceptors (Lipinski definition) is 7. The molecule has 0 atom stereocenters. The Morgan fingerprint density at radius 1 is 1.09 bits per heavy atom. The molecule has 12 heteroatoms. The van der Waals surface area contributed by atoms with Crippen molar-refractivity contribution >= 4 is 13.6 Å². The van der Waals surface area contributed by atoms with E-state index in [9.17, 15) is 8.96 Å². The van der Waals surface area contributed by atoms with Crippen molar-refractivity contribution in [2.75, 3.05) is 5.73 Å². The summed E-state index contributed by atoms with van der Waals surface area (Å²) in [6.07, 6.45) is 2.03. The minimum atomic E-state index is -4.64. The second-order valence-electron chi connectivity index (χ2n) is 7.29. The Kier molecular flexibility index (Phi) is 6.99. The maximum absolute atomic E-state index is 13.1. The number of nitrogens with zero attached hydrogens (tertiary/aromatic N) is 3. The predicted octanol–water partition coefficient (Wildman–Crippen LogP) is 2.98. The molecular formula is C22H21FN4O6P+. The monoisotopic (exact) mass is 487 g/mol. The summed E-state index contributed by atoms with van der Waals surface area (Å²) >= 11 is 0. The number of anilines is 1. The van der Waals surface area contributed by atoms with Gasteiger partial charge in [-0.25, -0.2) is 13.7 Å². The number of halogens is 1. The quantitative estimate of drug-likeness (QED) is 0.184. The molecule has 4 rings (SSSR count). The van der Waals surface area contributed by atoms with Gasteiger partial charge in [-0.3, -0.25) is 5.73 Å². The average molecular weight is 487 g/mol. The fraction of sp³-hybridized carbons (Fsp3) is 0.136. The lowest BCUT2D eigenvalue weighted by atomic mass is 10.1. The zero-order chi connectivity index (χ0) is 24.1. The third-order valence-electron chi connectivity index (χ3n) is 4.79. The summed E-state index contributed by atoms with van der Waals surface area (Å²) < 4.78 is 40.9. The Balaban J connectivity index is 1.40. The van der Waals surface area contributed by atoms with Gasteiger partial charge in [0.15, 0.2) is 5.76 Å². The molecule has 4 N–H and O–H groups in total. The third kappa shape index (κ3) is 6.24. The van der Waals surface area contributed by atoms with Crippen molar-refractivity contribution in [3.63, 3.8) is 0 Å². The Bertz CT molecular complexity index is 1330. The molecule has 0 amide bonds. The number of phosphoric acid groups is 1. The Morgan fingerprint density at radius 2 is 1.85 bits per heavy atom. The van der Waals surface area contributed by atoms with Crippen LogP contribution in [0.3, 0.4) is 0 Å². The van der Waals surface area contributed by atoms with Crippen LogP contribution in [0.1, 0.15) is 16.8 Å². The summed E-state index contributed by atoms with van der Waals surface area (Å²) in [5.74, 6) is 0.233. The van der Waals surface area contributed by atoms with Crippen molar-refractivity contribution in [2.45, 2.75) is 19.8 Å². The fourth-order valence-electron chi connectivity index (χ4n) is 3.13. The minimum Gasteiger partial charge on any atom is -0.473 e. The first-order valence-corrected chi connectivity index (χ1v) is 11.6. The standard InChI is InChI=1S/C22H20FN4O6P/c23-20-4-1-5-21(25-20)31-13-16-8-6-15(7-9-16)11-17-12-19(33-26-17)18-3-2-10-27(22(18)24)14-32-34(28,29)30/h1-10,12,24H,11,13-14H2,(H2,28,29,30)/p+1. The lowest BCUT2D eigenvalue weighted by Crippen LogP contribution is -2.38. The van der Waals surface area contributed by atoms with Crippen LogP contribution in [-0.2, 0) is 28.8 Å². The lowest BCUT2D eigenvalue weighted by Gasteiger charge is -2.07. The van der Waals surface area contributed by atoms with E-state index in [0.717, 1.165) is 11.1 Å². The molecule has 0 aliphatic rings. The van der Waals surface area contributed by atoms with Crippen molar-refractivity contribution in [3.8, 4) is 17.2 Å². The molecule has 0 radical (unpaired) electrons. The molecule has 176 valence electrons. The number of nitrogens with two attached hydrogens (primary N) is 1. The van der Waals surface area contributed by atoms with Crippen LogP contribution >= 0.6 is 7.82 Å². The van der Waals surface area contributed by atoms with Gasteiger partial charge >= 0.3 is 7.82 Å². The van der Waals surface area contributed by atoms with Crippen LogP contribution in [0.2, 0.25) is 0 Å². The Morgan fingerprint density at radius 3 is 2.59 bits per heavy atom. The van der Waals surface area contributed by atoms with E-state index >= 15 is 0 Å². The summed E-state index contributed by atoms with van der Waals surface area (Å²) in [4.78, 5) is 21.4. The van der Waals surface area contributed by atoms with Crippen molar-refractivity contribution in [2.24, 2.45) is 0 Å². The van der Waals surface area contributed by atoms with Gasteiger partial charge in [-0.1, -0.05) is 35.5 Å². The molecule has 4 aromatic rings. The van der Waals surface area contributed by atoms with Crippen molar-refractivity contribution in [1.29, 1.82) is 0 Å². The number of phosphoric ester groups is 1. The van der Waals surface area contributed by atoms with Gasteiger partial charge in [0.25, 0.3) is 5.82 Å². The van der Waals surface area contributed by atoms with Gasteiger partial charge < -0.3 is 19.0 Å². The molecule has 0 saturated heterocycles. The molecule has 34 heavy (non-hydrogen) atoms. The highest BCUT2D eigenvalue weighted by atomic mass is 31.2. The molecule has 0 aliphatic heterocycles. The van der Waals surface area contributed by atoms with Crippen LogP contribution in [0.15, 0.2) is 71.4 Å². The fourth-order valence-corrected chi connectivity index (χ4v) is 3.41. The highest BCUT2D eigenvalue weighted by Gasteiger charge is 2.20. The van der Waals surface area contributed by atoms with Gasteiger partial charge in [0.05, 0.1) is 11.9 Å². The van der Waals surface area contributed by atoms with Gasteiger partial charge in [0, 0.05) is 18.6 Å². The zero-order valence-electron chi connectivity index (χ0n) is 17.7. The van der Waals surface area contributed by atoms with Crippen LogP contribution in [-0.4, -0.2) is 19.9 Å². The number of hydrogen-bond donors (Lipinski definition) is 3. The van der Waals surface area contributed by atoms with Gasteiger partial charge in [-0.05, 0) is 29.3 Å². The molecule has 0 aliphatic carbocycles. The molecule has 1 aromatic carbocycles. The lowest BCUT2D eigenvalue weighted by molar-refractivity contribution is -0.711. The molecule has 0 saturated carbocycles. The topological polar surface area (TPSA) is 145 Å². The maximum atomic E-state index is 13.1. The first kappa shape index (κ1) is 23.5. The van der Waals surface area contributed by atoms with E-state index in [2.05, 4.69) is 14.7 Å². The van der Waals surface area contributed by atoms with E-state index in [1.54, 1.807) is 24.3 Å². The van der Waals surface area contributed by atoms with Crippen LogP contribution in [0.5, 0.6) is 5.88 Å². The molecule has 0 unspecified atom stereocenters. The summed E-state index contributed by atoms with van der Waals surface area (Å²) in [6.45, 7) is -0.167. The molecular weight excluding hydrogens is 466 g/mol. The summed E-state index contributed by atoms with van der Waals surface area (Å²) in [6, 6.07) is 17.1. The first-order valence-electron chi connectivity index (χ1n) is 10.0. The Labute approximate surface area is 193 Å². The molecule has 0 bridgehead atoms. The number of nitrogen functional groups attached to an aromatic ring is 1. The maximum Gasteiger partial charge on any atom is 0.472 e. The molecule has 3 heterocycles. The SMILES string of the molecule is Nc1c(-c2cc(Cc3ccc(COc4cccc(F)n4)cc3)no2)ccc[n+]1COP(=O)(O)O. The van der Waals surface area contributed by atoms with E-state index in [4.69, 9.17) is 24.8 Å². The summed E-state index contributed by atoms with van der Waals surface area (Å²) in [5.41, 5.74) is 9.17. The van der Waals surface area contributed by atoms with Gasteiger partial charge in [0.2, 0.25) is 18.6 Å². The summed E-state index contributed by atoms with van der Waals surface area (Å²) in [5, 5.41) is 4.09. The third-order valence-corrected chi connectivity index (χ3v) is 5.24. The highest BCUT2D eigenvalue weighted by molar-refractivity contribution is 7.46. The molecule has 0 spiro atoms. The van der Waals surface area contributed by atoms with Crippen molar-refractivity contribution in [3.05, 3.63) is 89.6 Å². The van der Waals surface area contributed by atoms with Crippen LogP contribution in [0.25, 0.3) is 11.3 Å². The van der Waals surface area contributed by atoms with Gasteiger partial charge in [-0.15, -0.1) is 0 Å². The van der Waals surface area contributed by atoms with Crippen LogP contribution in [0, 0.1) is 5.95 Å². The van der Waals surface area contributed by atoms with E-state index in [0.29, 0.717) is 23.4 Å². The van der Waals surface area contributed by atoms with Gasteiger partial charge in [-0.2, -0.15) is 9.37 Å². The smallest absolute Gasteiger partial charge is 0.472 e. The normalized spacial score (nSPS) is 11.5. The van der Waals surface area contributed by atoms with Crippen molar-refractivity contribution in [1.82, 2.24) is 10.1 Å². The summed E-state index contributed by atoms with van der Waals surface area (Å²) in [7, 11) is -4.64. The predicted molar refractivity (Wildman–Crippen MR) is 117 cm³/mol. The average Bonchev–Trinajstić information content (AvgIpc) is 3.25. The largest absolute Gasteiger partial charge is 0.473 e. The number of aromatic nitrogens is 3. The van der Waals surface area contributed by atoms with E-state index in [1.165, 1.54) is 22.9 Å². The van der Waals surface area contributed by atoms with Crippen LogP contribution in [0.4, 0.5) is 10.2 Å². The Hall–Kier alpha value is -3.63. The molecule has 0 fully saturated rings. The van der Waals surface area contributed by atoms with E-state index in [1.807, 2.05) is 24.3 Å². The first-order chi connectivity index (χ1) is 16.3. The molecule has 3 aromatic heterocycles. The highest BCUT2D eigenvalue weighted by Crippen LogP contribution is 2.35. The minimum absolute atomic E-state index is 0.204. The van der Waals surface area contributed by atoms with Crippen LogP contribution < -0.4 is 15.0 Å². The van der Waals surface area contributed by atoms with E-state index < -0.39 is 20.5 Å². The second kappa shape index (κ2) is 10.1. The van der Waals surface area contributed by atoms with Gasteiger partial charge in [0.1, 0.15) is 12.2 Å².